The van der Waals surface area contributed by atoms with Crippen LogP contribution in [0.3, 0.4) is 0 Å². The summed E-state index contributed by atoms with van der Waals surface area (Å²) in [4.78, 5) is 43.9. The summed E-state index contributed by atoms with van der Waals surface area (Å²) in [5.41, 5.74) is 3.67. The van der Waals surface area contributed by atoms with Gasteiger partial charge in [-0.05, 0) is 80.8 Å². The molecule has 0 bridgehead atoms. The van der Waals surface area contributed by atoms with Crippen LogP contribution in [0, 0.1) is 11.8 Å². The summed E-state index contributed by atoms with van der Waals surface area (Å²) in [5, 5.41) is 57.7. The van der Waals surface area contributed by atoms with Crippen molar-refractivity contribution in [3.05, 3.63) is 69.7 Å². The molecule has 1 amide bonds. The van der Waals surface area contributed by atoms with Crippen LogP contribution in [0.1, 0.15) is 47.2 Å². The highest BCUT2D eigenvalue weighted by Crippen LogP contribution is 2.56. The van der Waals surface area contributed by atoms with Crippen molar-refractivity contribution in [2.24, 2.45) is 17.6 Å². The molecule has 1 fully saturated rings. The van der Waals surface area contributed by atoms with E-state index in [1.54, 1.807) is 20.1 Å². The maximum atomic E-state index is 14.3. The van der Waals surface area contributed by atoms with Gasteiger partial charge in [-0.3, -0.25) is 24.2 Å². The Hall–Kier alpha value is -4.23. The minimum atomic E-state index is -2.96. The van der Waals surface area contributed by atoms with E-state index in [1.165, 1.54) is 25.1 Å². The molecule has 1 heterocycles. The van der Waals surface area contributed by atoms with Crippen LogP contribution in [0.4, 0.5) is 0 Å². The molecule has 3 aliphatic carbocycles. The maximum Gasteiger partial charge on any atom is 0.255 e. The number of likely N-dealkylation sites (N-methyl/N-ethyl adjacent to an activating group) is 1. The van der Waals surface area contributed by atoms with Crippen molar-refractivity contribution in [2.75, 3.05) is 34.3 Å². The van der Waals surface area contributed by atoms with Crippen LogP contribution in [-0.4, -0.2) is 105 Å². The van der Waals surface area contributed by atoms with E-state index >= 15 is 0 Å². The predicted octanol–water partition coefficient (Wildman–Crippen LogP) is 1.92. The molecular formula is C34H39N3O9. The standard InChI is InChI=1S/C34H39N3O9/c1-15-21-18(16-7-10-20(46-4)17(13-16)14-37-11-5-6-12-37)8-9-19(38)23(21)28(39)24-22(15)29(40)26-27(36(2)3)30(41)25(33(35)44)32(43)34(26,45)31(24)42/h7-10,13,15,22,26-27,29,38,40-42,45H,5-6,11-12,14H2,1-4H3,(H2,35,44). The Bertz CT molecular complexity index is 1720. The first-order chi connectivity index (χ1) is 21.7. The normalized spacial score (nSPS) is 29.6. The summed E-state index contributed by atoms with van der Waals surface area (Å²) in [5.74, 6) is -8.57. The van der Waals surface area contributed by atoms with Crippen molar-refractivity contribution in [2.45, 2.75) is 50.0 Å². The largest absolute Gasteiger partial charge is 0.510 e. The molecule has 0 spiro atoms. The Morgan fingerprint density at radius 3 is 2.39 bits per heavy atom. The first-order valence-electron chi connectivity index (χ1n) is 15.3. The topological polar surface area (TPSA) is 194 Å². The number of Topliss-reactive ketones (excluding diaryl/α,β-unsaturated/α-hetero) is 2. The number of aromatic hydroxyl groups is 1. The maximum absolute atomic E-state index is 14.3. The number of aliphatic hydroxyl groups is 4. The Labute approximate surface area is 266 Å². The van der Waals surface area contributed by atoms with Gasteiger partial charge >= 0.3 is 0 Å². The lowest BCUT2D eigenvalue weighted by Crippen LogP contribution is -2.68. The number of carbonyl (C=O) groups is 3. The number of nitrogens with two attached hydrogens (primary N) is 1. The SMILES string of the molecule is COc1ccc(-c2ccc(O)c3c2C(C)C2C(=C(O)C4(O)C(=O)C(C(N)=O)=C(O)C(N(C)C)C4C2O)C3=O)cc1CN1CCCC1. The van der Waals surface area contributed by atoms with E-state index in [4.69, 9.17) is 10.5 Å². The first kappa shape index (κ1) is 31.7. The number of phenolic OH excluding ortho intramolecular Hbond substituents is 1. The summed E-state index contributed by atoms with van der Waals surface area (Å²) < 4.78 is 5.65. The van der Waals surface area contributed by atoms with Gasteiger partial charge in [-0.15, -0.1) is 0 Å². The van der Waals surface area contributed by atoms with Crippen LogP contribution in [0.15, 0.2) is 53.0 Å². The fourth-order valence-corrected chi connectivity index (χ4v) is 8.21. The predicted molar refractivity (Wildman–Crippen MR) is 166 cm³/mol. The van der Waals surface area contributed by atoms with Gasteiger partial charge < -0.3 is 36.0 Å². The molecule has 0 aromatic heterocycles. The van der Waals surface area contributed by atoms with Crippen LogP contribution in [0.5, 0.6) is 11.5 Å². The molecule has 6 rings (SSSR count). The number of likely N-dealkylation sites (tertiary alicyclic amines) is 1. The van der Waals surface area contributed by atoms with Gasteiger partial charge in [0.1, 0.15) is 28.6 Å². The van der Waals surface area contributed by atoms with Crippen molar-refractivity contribution in [3.8, 4) is 22.6 Å². The summed E-state index contributed by atoms with van der Waals surface area (Å²) in [6.45, 7) is 4.34. The number of hydrogen-bond acceptors (Lipinski definition) is 11. The quantitative estimate of drug-likeness (QED) is 0.255. The molecule has 0 radical (unpaired) electrons. The van der Waals surface area contributed by atoms with E-state index in [0.29, 0.717) is 23.4 Å². The number of rotatable bonds is 6. The molecule has 46 heavy (non-hydrogen) atoms. The van der Waals surface area contributed by atoms with Crippen molar-refractivity contribution in [3.63, 3.8) is 0 Å². The number of methoxy groups -OCH3 is 1. The molecular weight excluding hydrogens is 594 g/mol. The molecule has 244 valence electrons. The fraction of sp³-hybridized carbons (Fsp3) is 0.441. The zero-order chi connectivity index (χ0) is 33.4. The lowest BCUT2D eigenvalue weighted by Gasteiger charge is -2.53. The number of fused-ring (bicyclic) bond motifs is 3. The number of ether oxygens (including phenoxy) is 1. The number of ketones is 2. The molecule has 1 aliphatic heterocycles. The molecule has 4 aliphatic rings. The van der Waals surface area contributed by atoms with Gasteiger partial charge in [0, 0.05) is 23.6 Å². The van der Waals surface area contributed by atoms with E-state index in [9.17, 15) is 39.9 Å². The van der Waals surface area contributed by atoms with E-state index in [-0.39, 0.29) is 11.3 Å². The molecule has 2 aromatic rings. The van der Waals surface area contributed by atoms with E-state index in [0.717, 1.165) is 37.1 Å². The summed E-state index contributed by atoms with van der Waals surface area (Å²) in [6.07, 6.45) is 0.563. The van der Waals surface area contributed by atoms with Gasteiger partial charge in [-0.1, -0.05) is 19.1 Å². The van der Waals surface area contributed by atoms with Gasteiger partial charge in [0.2, 0.25) is 5.78 Å². The minimum absolute atomic E-state index is 0.130. The summed E-state index contributed by atoms with van der Waals surface area (Å²) in [6, 6.07) is 7.42. The molecule has 6 atom stereocenters. The summed E-state index contributed by atoms with van der Waals surface area (Å²) in [7, 11) is 4.61. The molecule has 12 nitrogen and oxygen atoms in total. The molecule has 6 unspecified atom stereocenters. The lowest BCUT2D eigenvalue weighted by atomic mass is 9.55. The number of hydrogen-bond donors (Lipinski definition) is 6. The second-order valence-electron chi connectivity index (χ2n) is 13.0. The number of carbonyl (C=O) groups excluding carboxylic acids is 3. The second kappa shape index (κ2) is 11.2. The van der Waals surface area contributed by atoms with E-state index < -0.39 is 75.6 Å². The number of benzene rings is 2. The van der Waals surface area contributed by atoms with Crippen LogP contribution < -0.4 is 10.5 Å². The monoisotopic (exact) mass is 633 g/mol. The molecule has 7 N–H and O–H groups in total. The molecule has 0 saturated carbocycles. The van der Waals surface area contributed by atoms with Crippen LogP contribution in [0.2, 0.25) is 0 Å². The van der Waals surface area contributed by atoms with Crippen LogP contribution in [-0.2, 0) is 16.1 Å². The zero-order valence-electron chi connectivity index (χ0n) is 26.1. The van der Waals surface area contributed by atoms with Crippen molar-refractivity contribution < 1.29 is 44.7 Å². The second-order valence-corrected chi connectivity index (χ2v) is 13.0. The Morgan fingerprint density at radius 1 is 1.11 bits per heavy atom. The Kier molecular flexibility index (Phi) is 7.75. The third-order valence-electron chi connectivity index (χ3n) is 10.3. The minimum Gasteiger partial charge on any atom is -0.510 e. The van der Waals surface area contributed by atoms with Crippen molar-refractivity contribution >= 4 is 17.5 Å². The lowest BCUT2D eigenvalue weighted by molar-refractivity contribution is -0.162. The molecule has 1 saturated heterocycles. The average molecular weight is 634 g/mol. The molecule has 2 aromatic carbocycles. The number of primary amides is 1. The van der Waals surface area contributed by atoms with Gasteiger partial charge in [0.15, 0.2) is 11.4 Å². The first-order valence-corrected chi connectivity index (χ1v) is 15.3. The Morgan fingerprint density at radius 2 is 1.78 bits per heavy atom. The number of phenols is 1. The average Bonchev–Trinajstić information content (AvgIpc) is 3.52. The fourth-order valence-electron chi connectivity index (χ4n) is 8.21. The number of aliphatic hydroxyl groups excluding tert-OH is 3. The van der Waals surface area contributed by atoms with Gasteiger partial charge in [0.05, 0.1) is 30.7 Å². The van der Waals surface area contributed by atoms with Crippen LogP contribution in [0.25, 0.3) is 11.1 Å². The summed E-state index contributed by atoms with van der Waals surface area (Å²) >= 11 is 0. The highest BCUT2D eigenvalue weighted by Gasteiger charge is 2.67. The van der Waals surface area contributed by atoms with Crippen molar-refractivity contribution in [1.82, 2.24) is 9.80 Å². The third kappa shape index (κ3) is 4.38. The highest BCUT2D eigenvalue weighted by molar-refractivity contribution is 6.25. The Balaban J connectivity index is 1.55. The van der Waals surface area contributed by atoms with Crippen LogP contribution >= 0.6 is 0 Å². The van der Waals surface area contributed by atoms with E-state index in [1.807, 2.05) is 18.2 Å². The third-order valence-corrected chi connectivity index (χ3v) is 10.3. The van der Waals surface area contributed by atoms with Gasteiger partial charge in [0.25, 0.3) is 5.91 Å². The number of nitrogens with zero attached hydrogens (tertiary/aromatic N) is 2. The van der Waals surface area contributed by atoms with Gasteiger partial charge in [-0.2, -0.15) is 0 Å². The molecule has 12 heteroatoms. The highest BCUT2D eigenvalue weighted by atomic mass is 16.5. The number of amides is 1. The van der Waals surface area contributed by atoms with Crippen molar-refractivity contribution in [1.29, 1.82) is 0 Å². The zero-order valence-corrected chi connectivity index (χ0v) is 26.1. The van der Waals surface area contributed by atoms with Gasteiger partial charge in [-0.25, -0.2) is 0 Å². The smallest absolute Gasteiger partial charge is 0.255 e. The van der Waals surface area contributed by atoms with E-state index in [2.05, 4.69) is 4.90 Å².